The van der Waals surface area contributed by atoms with Crippen LogP contribution in [0.25, 0.3) is 22.0 Å². The molecule has 0 saturated carbocycles. The van der Waals surface area contributed by atoms with Crippen LogP contribution < -0.4 is 5.01 Å². The first-order valence-electron chi connectivity index (χ1n) is 18.9. The summed E-state index contributed by atoms with van der Waals surface area (Å²) in [5, 5.41) is 26.6. The number of hydrazine groups is 1. The Labute approximate surface area is 307 Å². The number of β-amino-alcohol motifs (C(OH)–C–C–N with tert-alkyl or cyclic N) is 1. The van der Waals surface area contributed by atoms with Crippen LogP contribution in [0.2, 0.25) is 0 Å². The first-order chi connectivity index (χ1) is 25.6. The van der Waals surface area contributed by atoms with E-state index in [2.05, 4.69) is 9.88 Å². The molecule has 5 aliphatic heterocycles. The molecular formula is C39H48F2N6O6. The Morgan fingerprint density at radius 1 is 1.09 bits per heavy atom. The number of aromatic hydroxyl groups is 1. The first-order valence-corrected chi connectivity index (χ1v) is 18.9. The Hall–Kier alpha value is -3.95. The van der Waals surface area contributed by atoms with Gasteiger partial charge in [-0.1, -0.05) is 13.0 Å². The van der Waals surface area contributed by atoms with Gasteiger partial charge in [0, 0.05) is 61.3 Å². The van der Waals surface area contributed by atoms with Crippen LogP contribution in [0.4, 0.5) is 19.3 Å². The molecular weight excluding hydrogens is 686 g/mol. The van der Waals surface area contributed by atoms with Gasteiger partial charge in [0.25, 0.3) is 0 Å². The Kier molecular flexibility index (Phi) is 9.77. The lowest BCUT2D eigenvalue weighted by Crippen LogP contribution is -2.59. The number of carbonyl (C=O) groups is 1. The number of hydrogen-bond donors (Lipinski definition) is 2. The number of anilines is 1. The van der Waals surface area contributed by atoms with E-state index in [1.807, 2.05) is 11.9 Å². The third-order valence-corrected chi connectivity index (χ3v) is 11.7. The number of nitrogens with zero attached hydrogens (tertiary/aromatic N) is 6. The molecule has 53 heavy (non-hydrogen) atoms. The van der Waals surface area contributed by atoms with Crippen LogP contribution in [-0.2, 0) is 20.6 Å². The van der Waals surface area contributed by atoms with E-state index >= 15 is 8.78 Å². The molecule has 0 aliphatic carbocycles. The quantitative estimate of drug-likeness (QED) is 0.319. The first kappa shape index (κ1) is 36.0. The maximum atomic E-state index is 17.4. The molecule has 2 N–H and O–H groups in total. The summed E-state index contributed by atoms with van der Waals surface area (Å²) >= 11 is 0. The van der Waals surface area contributed by atoms with E-state index in [0.717, 1.165) is 32.2 Å². The molecule has 1 aromatic heterocycles. The molecule has 5 aliphatic rings. The van der Waals surface area contributed by atoms with E-state index in [1.165, 1.54) is 12.1 Å². The number of aliphatic imine (C=N–C) groups is 1. The Morgan fingerprint density at radius 2 is 1.91 bits per heavy atom. The number of ether oxygens (including phenoxy) is 3. The van der Waals surface area contributed by atoms with Gasteiger partial charge in [-0.05, 0) is 92.9 Å². The van der Waals surface area contributed by atoms with Gasteiger partial charge in [0.05, 0.1) is 25.4 Å². The summed E-state index contributed by atoms with van der Waals surface area (Å²) in [7, 11) is 0. The number of piperidine rings is 1. The summed E-state index contributed by atoms with van der Waals surface area (Å²) in [6.07, 6.45) is 7.11. The Bertz CT molecular complexity index is 1910. The number of aliphatic hydroxyl groups is 1. The van der Waals surface area contributed by atoms with Gasteiger partial charge in [-0.15, -0.1) is 0 Å². The summed E-state index contributed by atoms with van der Waals surface area (Å²) < 4.78 is 50.4. The number of halogens is 2. The highest BCUT2D eigenvalue weighted by molar-refractivity contribution is 6.01. The van der Waals surface area contributed by atoms with Gasteiger partial charge in [0.2, 0.25) is 6.35 Å². The maximum absolute atomic E-state index is 17.4. The van der Waals surface area contributed by atoms with E-state index in [9.17, 15) is 15.0 Å². The summed E-state index contributed by atoms with van der Waals surface area (Å²) in [5.74, 6) is -1.15. The smallest absolute Gasteiger partial charge is 0.409 e. The van der Waals surface area contributed by atoms with Gasteiger partial charge in [-0.3, -0.25) is 14.9 Å². The van der Waals surface area contributed by atoms with Crippen molar-refractivity contribution < 1.29 is 38.0 Å². The zero-order chi connectivity index (χ0) is 36.9. The molecule has 4 fully saturated rings. The number of fused-ring (bicyclic) bond motifs is 3. The molecule has 8 rings (SSSR count). The van der Waals surface area contributed by atoms with Gasteiger partial charge in [0.1, 0.15) is 29.6 Å². The van der Waals surface area contributed by atoms with Gasteiger partial charge in [-0.2, -0.15) is 0 Å². The molecule has 6 heterocycles. The van der Waals surface area contributed by atoms with Crippen LogP contribution >= 0.6 is 0 Å². The number of aryl methyl sites for hydroxylation is 1. The van der Waals surface area contributed by atoms with Crippen molar-refractivity contribution in [2.75, 3.05) is 64.2 Å². The molecule has 1 unspecified atom stereocenters. The van der Waals surface area contributed by atoms with E-state index < -0.39 is 23.6 Å². The van der Waals surface area contributed by atoms with Crippen LogP contribution in [0.3, 0.4) is 0 Å². The van der Waals surface area contributed by atoms with Crippen molar-refractivity contribution in [3.63, 3.8) is 0 Å². The molecule has 2 aromatic carbocycles. The lowest BCUT2D eigenvalue weighted by atomic mass is 9.94. The highest BCUT2D eigenvalue weighted by atomic mass is 19.1. The topological polar surface area (TPSA) is 123 Å². The minimum atomic E-state index is -1.02. The minimum Gasteiger partial charge on any atom is -0.508 e. The lowest BCUT2D eigenvalue weighted by Gasteiger charge is -2.47. The zero-order valence-electron chi connectivity index (χ0n) is 30.4. The highest BCUT2D eigenvalue weighted by Gasteiger charge is 2.51. The number of aromatic nitrogens is 1. The second-order valence-corrected chi connectivity index (χ2v) is 15.3. The van der Waals surface area contributed by atoms with Gasteiger partial charge in [0.15, 0.2) is 5.82 Å². The van der Waals surface area contributed by atoms with Gasteiger partial charge < -0.3 is 29.3 Å². The van der Waals surface area contributed by atoms with Crippen LogP contribution in [0.1, 0.15) is 63.5 Å². The number of morpholine rings is 1. The number of carbonyl (C=O) groups excluding carboxylic acids is 1. The number of hydrogen-bond acceptors (Lipinski definition) is 11. The molecule has 12 nitrogen and oxygen atoms in total. The molecule has 0 spiro atoms. The predicted octanol–water partition coefficient (Wildman–Crippen LogP) is 5.21. The molecule has 1 amide bonds. The summed E-state index contributed by atoms with van der Waals surface area (Å²) in [4.78, 5) is 26.2. The lowest BCUT2D eigenvalue weighted by molar-refractivity contribution is -0.0683. The number of pyridine rings is 1. The largest absolute Gasteiger partial charge is 0.508 e. The van der Waals surface area contributed by atoms with E-state index in [0.29, 0.717) is 87.2 Å². The number of rotatable bonds is 8. The summed E-state index contributed by atoms with van der Waals surface area (Å²) in [5.41, 5.74) is -0.00979. The van der Waals surface area contributed by atoms with E-state index in [-0.39, 0.29) is 46.9 Å². The summed E-state index contributed by atoms with van der Waals surface area (Å²) in [6.45, 7) is 7.95. The van der Waals surface area contributed by atoms with Gasteiger partial charge in [-0.25, -0.2) is 23.6 Å². The van der Waals surface area contributed by atoms with Crippen LogP contribution in [-0.4, -0.2) is 125 Å². The van der Waals surface area contributed by atoms with Crippen molar-refractivity contribution in [1.29, 1.82) is 0 Å². The Morgan fingerprint density at radius 3 is 2.70 bits per heavy atom. The van der Waals surface area contributed by atoms with Crippen molar-refractivity contribution in [1.82, 2.24) is 19.8 Å². The molecule has 0 bridgehead atoms. The summed E-state index contributed by atoms with van der Waals surface area (Å²) in [6, 6.07) is 5.98. The monoisotopic (exact) mass is 734 g/mol. The molecule has 14 heteroatoms. The van der Waals surface area contributed by atoms with Crippen molar-refractivity contribution in [2.24, 2.45) is 4.99 Å². The average molecular weight is 735 g/mol. The second kappa shape index (κ2) is 14.4. The van der Waals surface area contributed by atoms with Gasteiger partial charge >= 0.3 is 6.09 Å². The highest BCUT2D eigenvalue weighted by Crippen LogP contribution is 2.45. The van der Waals surface area contributed by atoms with Crippen molar-refractivity contribution in [3.8, 4) is 17.0 Å². The molecule has 3 aromatic rings. The molecule has 284 valence electrons. The molecule has 4 atom stereocenters. The van der Waals surface area contributed by atoms with Crippen molar-refractivity contribution in [2.45, 2.75) is 82.3 Å². The SMILES string of the molecule is CCc1c(F)ccc2cc(O)cc(-c3ncc4c(c3F)N(N3CCC[C@@](C)(O)C3)C(OC[C@@]35CCCN3[C@H](COC(=O)N3CCOCC3)CC5)N=C4)c12. The maximum Gasteiger partial charge on any atom is 0.409 e. The second-order valence-electron chi connectivity index (χ2n) is 15.3. The van der Waals surface area contributed by atoms with Crippen LogP contribution in [0.5, 0.6) is 5.75 Å². The normalized spacial score (nSPS) is 27.7. The fourth-order valence-electron chi connectivity index (χ4n) is 9.15. The standard InChI is InChI=1S/C39H48F2N6O6/c1-3-29-31(40)7-6-25-18-28(48)19-30(32(25)29)34-33(41)35-26(20-42-34)21-43-36(47(35)45-12-4-9-38(2,50)23-45)53-24-39-10-5-13-46(39)27(8-11-39)22-52-37(49)44-14-16-51-17-15-44/h6-7,18-21,27,36,48,50H,3-5,8-17,22-24H2,1-2H3/t27-,36?,38+,39-/m0/s1. The van der Waals surface area contributed by atoms with Crippen molar-refractivity contribution >= 4 is 28.8 Å². The minimum absolute atomic E-state index is 0.0291. The molecule has 0 radical (unpaired) electrons. The number of phenols is 1. The fourth-order valence-corrected chi connectivity index (χ4v) is 9.15. The zero-order valence-corrected chi connectivity index (χ0v) is 30.4. The van der Waals surface area contributed by atoms with Crippen LogP contribution in [0.15, 0.2) is 35.5 Å². The van der Waals surface area contributed by atoms with Crippen LogP contribution in [0, 0.1) is 11.6 Å². The molecule has 4 saturated heterocycles. The third-order valence-electron chi connectivity index (χ3n) is 11.7. The third kappa shape index (κ3) is 6.73. The number of amides is 1. The predicted molar refractivity (Wildman–Crippen MR) is 195 cm³/mol. The number of benzene rings is 2. The number of phenolic OH excluding ortho intramolecular Hbond substituents is 1. The van der Waals surface area contributed by atoms with E-state index in [4.69, 9.17) is 19.2 Å². The Balaban J connectivity index is 1.10. The average Bonchev–Trinajstić information content (AvgIpc) is 3.72. The van der Waals surface area contributed by atoms with E-state index in [1.54, 1.807) is 41.4 Å². The fraction of sp³-hybridized carbons (Fsp3) is 0.564. The van der Waals surface area contributed by atoms with Crippen molar-refractivity contribution in [3.05, 3.63) is 53.2 Å².